The Labute approximate surface area is 260 Å². The number of nitrogens with zero attached hydrogens (tertiary/aromatic N) is 2. The average molecular weight is 578 g/mol. The minimum absolute atomic E-state index is 0.120. The van der Waals surface area contributed by atoms with Gasteiger partial charge in [0.25, 0.3) is 0 Å². The Hall–Kier alpha value is -6.13. The maximum Gasteiger partial charge on any atom is 0.161 e. The molecule has 8 rings (SSSR count). The second-order valence-corrected chi connectivity index (χ2v) is 11.0. The summed E-state index contributed by atoms with van der Waals surface area (Å²) < 4.78 is 6.10. The van der Waals surface area contributed by atoms with Gasteiger partial charge in [0.1, 0.15) is 11.2 Å². The number of para-hydroxylation sites is 1. The van der Waals surface area contributed by atoms with Crippen LogP contribution in [0.2, 0.25) is 0 Å². The van der Waals surface area contributed by atoms with E-state index in [1.54, 1.807) is 0 Å². The van der Waals surface area contributed by atoms with Gasteiger partial charge in [0.05, 0.1) is 0 Å². The molecule has 0 aliphatic rings. The van der Waals surface area contributed by atoms with Gasteiger partial charge >= 0.3 is 0 Å². The molecule has 212 valence electrons. The van der Waals surface area contributed by atoms with Crippen LogP contribution in [0, 0.1) is 5.41 Å². The Morgan fingerprint density at radius 1 is 0.578 bits per heavy atom. The molecule has 0 spiro atoms. The summed E-state index contributed by atoms with van der Waals surface area (Å²) >= 11 is 0. The third-order valence-corrected chi connectivity index (χ3v) is 8.21. The molecule has 0 radical (unpaired) electrons. The number of hydrogen-bond acceptors (Lipinski definition) is 2. The number of nitrogens with one attached hydrogen (secondary N) is 1. The lowest BCUT2D eigenvalue weighted by Gasteiger charge is -2.10. The monoisotopic (exact) mass is 577 g/mol. The molecule has 1 N–H and O–H groups in total. The standard InChI is InChI=1S/C41H27N3O/c42-40(35-17-9-19-38-39(35)34-15-6-7-18-37(34)45-38)44-41(43-26-27-20-21-28-10-4-5-13-31(28)24-27)32-23-22-30-14-8-16-33(36(30)25-32)29-11-2-1-3-12-29/h1-26,42H. The third kappa shape index (κ3) is 4.98. The fraction of sp³-hybridized carbons (Fsp3) is 0. The summed E-state index contributed by atoms with van der Waals surface area (Å²) in [5.41, 5.74) is 6.28. The summed E-state index contributed by atoms with van der Waals surface area (Å²) in [6.45, 7) is 0. The van der Waals surface area contributed by atoms with Crippen LogP contribution in [0.1, 0.15) is 16.7 Å². The quantitative estimate of drug-likeness (QED) is 0.164. The Kier molecular flexibility index (Phi) is 6.58. The van der Waals surface area contributed by atoms with Gasteiger partial charge in [0, 0.05) is 28.1 Å². The van der Waals surface area contributed by atoms with Crippen LogP contribution in [0.5, 0.6) is 0 Å². The lowest BCUT2D eigenvalue weighted by Crippen LogP contribution is -2.05. The van der Waals surface area contributed by atoms with E-state index < -0.39 is 0 Å². The first-order valence-corrected chi connectivity index (χ1v) is 14.9. The van der Waals surface area contributed by atoms with Crippen LogP contribution in [-0.4, -0.2) is 17.9 Å². The largest absolute Gasteiger partial charge is 0.456 e. The molecule has 0 saturated carbocycles. The molecule has 0 aliphatic heterocycles. The van der Waals surface area contributed by atoms with Crippen LogP contribution >= 0.6 is 0 Å². The molecule has 1 heterocycles. The molecule has 8 aromatic rings. The summed E-state index contributed by atoms with van der Waals surface area (Å²) in [6, 6.07) is 51.2. The number of rotatable bonds is 4. The van der Waals surface area contributed by atoms with Crippen molar-refractivity contribution in [1.29, 1.82) is 5.41 Å². The van der Waals surface area contributed by atoms with Gasteiger partial charge in [-0.2, -0.15) is 0 Å². The van der Waals surface area contributed by atoms with E-state index >= 15 is 0 Å². The number of fused-ring (bicyclic) bond motifs is 5. The minimum Gasteiger partial charge on any atom is -0.456 e. The minimum atomic E-state index is 0.120. The zero-order chi connectivity index (χ0) is 30.2. The van der Waals surface area contributed by atoms with Crippen molar-refractivity contribution in [3.8, 4) is 11.1 Å². The Balaban J connectivity index is 1.29. The molecule has 0 fully saturated rings. The fourth-order valence-corrected chi connectivity index (χ4v) is 6.01. The molecule has 0 saturated heterocycles. The fourth-order valence-electron chi connectivity index (χ4n) is 6.01. The van der Waals surface area contributed by atoms with Crippen molar-refractivity contribution < 1.29 is 4.42 Å². The first kappa shape index (κ1) is 26.5. The molecule has 4 heteroatoms. The number of furan rings is 1. The van der Waals surface area contributed by atoms with Crippen LogP contribution in [0.25, 0.3) is 54.6 Å². The van der Waals surface area contributed by atoms with E-state index in [-0.39, 0.29) is 5.84 Å². The summed E-state index contributed by atoms with van der Waals surface area (Å²) in [4.78, 5) is 9.84. The van der Waals surface area contributed by atoms with Gasteiger partial charge in [0.15, 0.2) is 11.7 Å². The van der Waals surface area contributed by atoms with Crippen LogP contribution in [0.3, 0.4) is 0 Å². The van der Waals surface area contributed by atoms with E-state index in [4.69, 9.17) is 14.4 Å². The molecule has 1 aromatic heterocycles. The van der Waals surface area contributed by atoms with Crippen LogP contribution in [-0.2, 0) is 0 Å². The molecule has 7 aromatic carbocycles. The van der Waals surface area contributed by atoms with Gasteiger partial charge < -0.3 is 4.42 Å². The van der Waals surface area contributed by atoms with E-state index in [0.29, 0.717) is 11.4 Å². The van der Waals surface area contributed by atoms with Crippen molar-refractivity contribution in [1.82, 2.24) is 0 Å². The molecular formula is C41H27N3O. The predicted molar refractivity (Wildman–Crippen MR) is 188 cm³/mol. The highest BCUT2D eigenvalue weighted by atomic mass is 16.3. The van der Waals surface area contributed by atoms with Crippen molar-refractivity contribution in [2.75, 3.05) is 0 Å². The molecular weight excluding hydrogens is 550 g/mol. The van der Waals surface area contributed by atoms with Gasteiger partial charge in [-0.3, -0.25) is 5.41 Å². The summed E-state index contributed by atoms with van der Waals surface area (Å²) in [5.74, 6) is 0.581. The van der Waals surface area contributed by atoms with Crippen molar-refractivity contribution in [3.05, 3.63) is 168 Å². The highest BCUT2D eigenvalue weighted by molar-refractivity contribution is 6.21. The normalized spacial score (nSPS) is 12.1. The van der Waals surface area contributed by atoms with Gasteiger partial charge in [0.2, 0.25) is 0 Å². The van der Waals surface area contributed by atoms with Gasteiger partial charge in [-0.25, -0.2) is 9.98 Å². The van der Waals surface area contributed by atoms with Crippen LogP contribution in [0.4, 0.5) is 0 Å². The predicted octanol–water partition coefficient (Wildman–Crippen LogP) is 10.5. The van der Waals surface area contributed by atoms with Crippen molar-refractivity contribution >= 4 is 61.4 Å². The summed E-state index contributed by atoms with van der Waals surface area (Å²) in [5, 5.41) is 15.6. The number of amidine groups is 2. The summed E-state index contributed by atoms with van der Waals surface area (Å²) in [6.07, 6.45) is 1.83. The smallest absolute Gasteiger partial charge is 0.161 e. The summed E-state index contributed by atoms with van der Waals surface area (Å²) in [7, 11) is 0. The molecule has 45 heavy (non-hydrogen) atoms. The Morgan fingerprint density at radius 2 is 1.31 bits per heavy atom. The highest BCUT2D eigenvalue weighted by Crippen LogP contribution is 2.32. The third-order valence-electron chi connectivity index (χ3n) is 8.21. The second-order valence-electron chi connectivity index (χ2n) is 11.0. The lowest BCUT2D eigenvalue weighted by molar-refractivity contribution is 0.669. The van der Waals surface area contributed by atoms with Gasteiger partial charge in [-0.1, -0.05) is 127 Å². The van der Waals surface area contributed by atoms with Gasteiger partial charge in [-0.05, 0) is 62.5 Å². The average Bonchev–Trinajstić information content (AvgIpc) is 3.49. The molecule has 0 aliphatic carbocycles. The Morgan fingerprint density at radius 3 is 2.22 bits per heavy atom. The van der Waals surface area contributed by atoms with Crippen LogP contribution < -0.4 is 0 Å². The van der Waals surface area contributed by atoms with Crippen LogP contribution in [0.15, 0.2) is 166 Å². The number of hydrogen-bond donors (Lipinski definition) is 1. The molecule has 0 amide bonds. The Bertz CT molecular complexity index is 2450. The SMILES string of the molecule is N=C(N=C(N=Cc1ccc2ccccc2c1)c1ccc2cccc(-c3ccccc3)c2c1)c1cccc2oc3ccccc3c12. The maximum absolute atomic E-state index is 9.23. The highest BCUT2D eigenvalue weighted by Gasteiger charge is 2.15. The van der Waals surface area contributed by atoms with E-state index in [2.05, 4.69) is 84.9 Å². The first-order valence-electron chi connectivity index (χ1n) is 14.9. The van der Waals surface area contributed by atoms with Crippen molar-refractivity contribution in [3.63, 3.8) is 0 Å². The molecule has 0 atom stereocenters. The topological polar surface area (TPSA) is 61.7 Å². The number of benzene rings is 7. The van der Waals surface area contributed by atoms with E-state index in [1.165, 1.54) is 5.39 Å². The van der Waals surface area contributed by atoms with Gasteiger partial charge in [-0.15, -0.1) is 0 Å². The van der Waals surface area contributed by atoms with Crippen molar-refractivity contribution in [2.24, 2.45) is 9.98 Å². The molecule has 0 bridgehead atoms. The first-order chi connectivity index (χ1) is 22.2. The second kappa shape index (κ2) is 11.2. The lowest BCUT2D eigenvalue weighted by atomic mass is 9.96. The molecule has 4 nitrogen and oxygen atoms in total. The molecule has 0 unspecified atom stereocenters. The maximum atomic E-state index is 9.23. The van der Waals surface area contributed by atoms with E-state index in [0.717, 1.165) is 60.4 Å². The van der Waals surface area contributed by atoms with Crippen molar-refractivity contribution in [2.45, 2.75) is 0 Å². The zero-order valence-electron chi connectivity index (χ0n) is 24.3. The zero-order valence-corrected chi connectivity index (χ0v) is 24.3. The van der Waals surface area contributed by atoms with E-state index in [1.807, 2.05) is 72.9 Å². The van der Waals surface area contributed by atoms with E-state index in [9.17, 15) is 5.41 Å². The number of aliphatic imine (C=N–C) groups is 2.